The Kier molecular flexibility index (Phi) is 3.81. The van der Waals surface area contributed by atoms with E-state index in [2.05, 4.69) is 30.9 Å². The second-order valence-electron chi connectivity index (χ2n) is 6.15. The lowest BCUT2D eigenvalue weighted by atomic mass is 10.1. The van der Waals surface area contributed by atoms with Crippen LogP contribution in [0.4, 0.5) is 5.69 Å². The molecule has 3 N–H and O–H groups in total. The molecular weight excluding hydrogens is 318 g/mol. The predicted octanol–water partition coefficient (Wildman–Crippen LogP) is 1.51. The molecule has 0 aromatic carbocycles. The minimum Gasteiger partial charge on any atom is -0.319 e. The van der Waals surface area contributed by atoms with Gasteiger partial charge < -0.3 is 10.6 Å². The monoisotopic (exact) mass is 337 g/mol. The molecule has 0 unspecified atom stereocenters. The molecule has 0 radical (unpaired) electrons. The first-order valence-corrected chi connectivity index (χ1v) is 8.19. The lowest BCUT2D eigenvalue weighted by molar-refractivity contribution is 0.102. The lowest BCUT2D eigenvalue weighted by Crippen LogP contribution is -2.25. The average Bonchev–Trinajstić information content (AvgIpc) is 3.18. The first kappa shape index (κ1) is 15.5. The Balaban J connectivity index is 1.52. The third kappa shape index (κ3) is 2.91. The number of hydrogen-bond donors (Lipinski definition) is 3. The zero-order chi connectivity index (χ0) is 17.4. The van der Waals surface area contributed by atoms with Gasteiger partial charge in [0.1, 0.15) is 0 Å². The molecule has 128 valence electrons. The van der Waals surface area contributed by atoms with Gasteiger partial charge in [0.2, 0.25) is 0 Å². The number of carbonyl (C=O) groups excluding carboxylic acids is 1. The van der Waals surface area contributed by atoms with Crippen molar-refractivity contribution in [2.24, 2.45) is 0 Å². The number of anilines is 1. The van der Waals surface area contributed by atoms with Gasteiger partial charge in [-0.05, 0) is 32.0 Å². The van der Waals surface area contributed by atoms with Crippen molar-refractivity contribution in [3.63, 3.8) is 0 Å². The number of hydrogen-bond acceptors (Lipinski definition) is 5. The van der Waals surface area contributed by atoms with Crippen LogP contribution in [-0.2, 0) is 13.0 Å². The highest BCUT2D eigenvalue weighted by atomic mass is 16.2. The summed E-state index contributed by atoms with van der Waals surface area (Å²) in [6.07, 6.45) is 2.48. The third-order valence-corrected chi connectivity index (χ3v) is 4.25. The highest BCUT2D eigenvalue weighted by molar-refractivity contribution is 6.04. The molecule has 0 saturated heterocycles. The molecule has 0 saturated carbocycles. The Hall–Kier alpha value is -3.00. The normalized spacial score (nSPS) is 13.5. The zero-order valence-corrected chi connectivity index (χ0v) is 14.1. The Morgan fingerprint density at radius 3 is 2.92 bits per heavy atom. The van der Waals surface area contributed by atoms with Gasteiger partial charge >= 0.3 is 0 Å². The van der Waals surface area contributed by atoms with Crippen molar-refractivity contribution in [1.82, 2.24) is 30.3 Å². The quantitative estimate of drug-likeness (QED) is 0.672. The summed E-state index contributed by atoms with van der Waals surface area (Å²) >= 11 is 0. The van der Waals surface area contributed by atoms with Crippen molar-refractivity contribution < 1.29 is 4.79 Å². The molecule has 0 aliphatic carbocycles. The molecule has 1 amide bonds. The molecule has 0 spiro atoms. The highest BCUT2D eigenvalue weighted by Gasteiger charge is 2.21. The van der Waals surface area contributed by atoms with Crippen molar-refractivity contribution in [2.45, 2.75) is 26.8 Å². The molecule has 8 heteroatoms. The van der Waals surface area contributed by atoms with E-state index in [-0.39, 0.29) is 5.91 Å². The summed E-state index contributed by atoms with van der Waals surface area (Å²) in [5.41, 5.74) is 4.98. The molecule has 25 heavy (non-hydrogen) atoms. The number of pyridine rings is 1. The van der Waals surface area contributed by atoms with Crippen LogP contribution in [-0.4, -0.2) is 37.4 Å². The van der Waals surface area contributed by atoms with Crippen LogP contribution in [0.25, 0.3) is 5.82 Å². The van der Waals surface area contributed by atoms with E-state index in [1.165, 1.54) is 0 Å². The topological polar surface area (TPSA) is 101 Å². The maximum atomic E-state index is 12.5. The minimum atomic E-state index is -0.234. The van der Waals surface area contributed by atoms with Gasteiger partial charge in [0.25, 0.3) is 5.91 Å². The maximum Gasteiger partial charge on any atom is 0.276 e. The standard InChI is InChI=1S/C17H19N7O/c1-10-7-11(2)24(23-10)15-4-3-12(8-19-15)20-17(25)16-13-9-18-6-5-14(13)21-22-16/h3-4,7-8,18H,5-6,9H2,1-2H3,(H,20,25)(H,21,22). The number of H-pyrrole nitrogens is 1. The van der Waals surface area contributed by atoms with E-state index in [1.807, 2.05) is 32.0 Å². The number of nitrogens with zero attached hydrogens (tertiary/aromatic N) is 4. The fourth-order valence-corrected chi connectivity index (χ4v) is 3.05. The lowest BCUT2D eigenvalue weighted by Gasteiger charge is -2.12. The van der Waals surface area contributed by atoms with Crippen LogP contribution >= 0.6 is 0 Å². The number of nitrogens with one attached hydrogen (secondary N) is 3. The minimum absolute atomic E-state index is 0.234. The molecule has 0 fully saturated rings. The Morgan fingerprint density at radius 2 is 2.20 bits per heavy atom. The summed E-state index contributed by atoms with van der Waals surface area (Å²) in [5, 5.41) is 17.6. The van der Waals surface area contributed by atoms with Crippen molar-refractivity contribution >= 4 is 11.6 Å². The van der Waals surface area contributed by atoms with E-state index < -0.39 is 0 Å². The van der Waals surface area contributed by atoms with Crippen LogP contribution in [0.1, 0.15) is 33.1 Å². The predicted molar refractivity (Wildman–Crippen MR) is 92.8 cm³/mol. The Labute approximate surface area is 144 Å². The van der Waals surface area contributed by atoms with E-state index in [1.54, 1.807) is 10.9 Å². The molecule has 4 heterocycles. The fraction of sp³-hybridized carbons (Fsp3) is 0.294. The second kappa shape index (κ2) is 6.14. The Bertz CT molecular complexity index is 923. The van der Waals surface area contributed by atoms with E-state index in [9.17, 15) is 4.79 Å². The number of aromatic nitrogens is 5. The van der Waals surface area contributed by atoms with Crippen molar-refractivity contribution in [1.29, 1.82) is 0 Å². The molecule has 3 aromatic rings. The molecular formula is C17H19N7O. The summed E-state index contributed by atoms with van der Waals surface area (Å²) in [4.78, 5) is 16.9. The fourth-order valence-electron chi connectivity index (χ4n) is 3.05. The van der Waals surface area contributed by atoms with Crippen molar-refractivity contribution in [2.75, 3.05) is 11.9 Å². The smallest absolute Gasteiger partial charge is 0.276 e. The van der Waals surface area contributed by atoms with Gasteiger partial charge in [0.05, 0.1) is 17.6 Å². The molecule has 3 aromatic heterocycles. The summed E-state index contributed by atoms with van der Waals surface area (Å²) in [6, 6.07) is 5.64. The van der Waals surface area contributed by atoms with Gasteiger partial charge in [-0.1, -0.05) is 0 Å². The van der Waals surface area contributed by atoms with Gasteiger partial charge in [0.15, 0.2) is 11.5 Å². The average molecular weight is 337 g/mol. The van der Waals surface area contributed by atoms with Gasteiger partial charge in [0, 0.05) is 36.5 Å². The SMILES string of the molecule is Cc1cc(C)n(-c2ccc(NC(=O)c3n[nH]c4c3CNCC4)cn2)n1. The summed E-state index contributed by atoms with van der Waals surface area (Å²) in [5.74, 6) is 0.479. The van der Waals surface area contributed by atoms with Gasteiger partial charge in [-0.2, -0.15) is 10.2 Å². The van der Waals surface area contributed by atoms with Crippen LogP contribution in [0.3, 0.4) is 0 Å². The number of fused-ring (bicyclic) bond motifs is 1. The van der Waals surface area contributed by atoms with Crippen LogP contribution in [0, 0.1) is 13.8 Å². The van der Waals surface area contributed by atoms with Crippen LogP contribution in [0.5, 0.6) is 0 Å². The van der Waals surface area contributed by atoms with E-state index in [4.69, 9.17) is 0 Å². The number of rotatable bonds is 3. The van der Waals surface area contributed by atoms with E-state index >= 15 is 0 Å². The van der Waals surface area contributed by atoms with Crippen molar-refractivity contribution in [3.05, 3.63) is 52.7 Å². The largest absolute Gasteiger partial charge is 0.319 e. The van der Waals surface area contributed by atoms with Crippen LogP contribution in [0.2, 0.25) is 0 Å². The number of carbonyl (C=O) groups is 1. The number of aromatic amines is 1. The first-order chi connectivity index (χ1) is 12.1. The van der Waals surface area contributed by atoms with E-state index in [0.29, 0.717) is 23.7 Å². The molecule has 1 aliphatic rings. The molecule has 0 bridgehead atoms. The molecule has 1 aliphatic heterocycles. The van der Waals surface area contributed by atoms with Gasteiger partial charge in [-0.15, -0.1) is 0 Å². The summed E-state index contributed by atoms with van der Waals surface area (Å²) < 4.78 is 1.77. The Morgan fingerprint density at radius 1 is 1.32 bits per heavy atom. The molecule has 0 atom stereocenters. The molecule has 4 rings (SSSR count). The third-order valence-electron chi connectivity index (χ3n) is 4.25. The number of aryl methyl sites for hydroxylation is 2. The number of amides is 1. The second-order valence-corrected chi connectivity index (χ2v) is 6.15. The molecule has 8 nitrogen and oxygen atoms in total. The first-order valence-electron chi connectivity index (χ1n) is 8.19. The maximum absolute atomic E-state index is 12.5. The van der Waals surface area contributed by atoms with Crippen LogP contribution in [0.15, 0.2) is 24.4 Å². The highest BCUT2D eigenvalue weighted by Crippen LogP contribution is 2.18. The van der Waals surface area contributed by atoms with Crippen molar-refractivity contribution in [3.8, 4) is 5.82 Å². The zero-order valence-electron chi connectivity index (χ0n) is 14.1. The van der Waals surface area contributed by atoms with Gasteiger partial charge in [-0.25, -0.2) is 9.67 Å². The summed E-state index contributed by atoms with van der Waals surface area (Å²) in [6.45, 7) is 5.47. The summed E-state index contributed by atoms with van der Waals surface area (Å²) in [7, 11) is 0. The van der Waals surface area contributed by atoms with Gasteiger partial charge in [-0.3, -0.25) is 9.89 Å². The van der Waals surface area contributed by atoms with Crippen LogP contribution < -0.4 is 10.6 Å². The van der Waals surface area contributed by atoms with E-state index in [0.717, 1.165) is 35.6 Å².